The third kappa shape index (κ3) is 5.68. The van der Waals surface area contributed by atoms with Gasteiger partial charge in [-0.1, -0.05) is 18.7 Å². The lowest BCUT2D eigenvalue weighted by atomic mass is 9.99. The molecule has 4 rings (SSSR count). The van der Waals surface area contributed by atoms with E-state index in [0.717, 1.165) is 69.5 Å². The molecule has 2 aromatic rings. The van der Waals surface area contributed by atoms with Crippen LogP contribution in [0.1, 0.15) is 26.7 Å². The van der Waals surface area contributed by atoms with Gasteiger partial charge in [-0.2, -0.15) is 0 Å². The number of carbonyl (C=O) groups is 1. The number of piperidine rings is 1. The van der Waals surface area contributed by atoms with E-state index in [2.05, 4.69) is 26.6 Å². The molecule has 2 fully saturated rings. The number of ether oxygens (including phenoxy) is 1. The molecule has 2 aliphatic heterocycles. The fourth-order valence-corrected chi connectivity index (χ4v) is 5.11. The van der Waals surface area contributed by atoms with Crippen LogP contribution in [-0.2, 0) is 16.1 Å². The second-order valence-electron chi connectivity index (χ2n) is 8.69. The molecule has 1 aromatic carbocycles. The largest absolute Gasteiger partial charge is 0.379 e. The Morgan fingerprint density at radius 3 is 2.50 bits per heavy atom. The molecule has 0 radical (unpaired) electrons. The van der Waals surface area contributed by atoms with Crippen molar-refractivity contribution in [3.8, 4) is 11.4 Å². The predicted octanol–water partition coefficient (Wildman–Crippen LogP) is 3.16. The molecule has 0 aliphatic carbocycles. The van der Waals surface area contributed by atoms with Gasteiger partial charge in [0, 0.05) is 44.8 Å². The monoisotopic (exact) mass is 461 g/mol. The van der Waals surface area contributed by atoms with Gasteiger partial charge in [-0.3, -0.25) is 9.69 Å². The summed E-state index contributed by atoms with van der Waals surface area (Å²) in [6.07, 6.45) is 2.13. The predicted molar refractivity (Wildman–Crippen MR) is 123 cm³/mol. The minimum atomic E-state index is -0.280. The van der Waals surface area contributed by atoms with E-state index >= 15 is 0 Å². The highest BCUT2D eigenvalue weighted by Crippen LogP contribution is 2.29. The highest BCUT2D eigenvalue weighted by Gasteiger charge is 2.27. The van der Waals surface area contributed by atoms with E-state index < -0.39 is 0 Å². The maximum Gasteiger partial charge on any atom is 0.235 e. The van der Waals surface area contributed by atoms with Crippen molar-refractivity contribution in [2.45, 2.75) is 43.6 Å². The summed E-state index contributed by atoms with van der Waals surface area (Å²) in [6, 6.07) is 6.32. The standard InChI is InChI=1S/C23H32FN5O2S/c1-17-7-9-28(10-8-17)22(30)18(2)32-23-26-25-21(19-3-5-20(24)6-4-19)29(23)12-11-27-13-15-31-16-14-27/h3-6,17-18H,7-16H2,1-2H3. The molecular weight excluding hydrogens is 429 g/mol. The first-order chi connectivity index (χ1) is 15.5. The third-order valence-electron chi connectivity index (χ3n) is 6.29. The SMILES string of the molecule is CC1CCN(C(=O)C(C)Sc2nnc(-c3ccc(F)cc3)n2CCN2CCOCC2)CC1. The van der Waals surface area contributed by atoms with Gasteiger partial charge in [-0.15, -0.1) is 10.2 Å². The number of thioether (sulfide) groups is 1. The van der Waals surface area contributed by atoms with Gasteiger partial charge in [0.25, 0.3) is 0 Å². The summed E-state index contributed by atoms with van der Waals surface area (Å²) in [7, 11) is 0. The quantitative estimate of drug-likeness (QED) is 0.591. The first-order valence-corrected chi connectivity index (χ1v) is 12.3. The summed E-state index contributed by atoms with van der Waals surface area (Å²) in [5.74, 6) is 1.27. The van der Waals surface area contributed by atoms with Gasteiger partial charge >= 0.3 is 0 Å². The molecule has 0 N–H and O–H groups in total. The average Bonchev–Trinajstić information content (AvgIpc) is 3.21. The topological polar surface area (TPSA) is 63.5 Å². The lowest BCUT2D eigenvalue weighted by Crippen LogP contribution is -2.41. The van der Waals surface area contributed by atoms with Crippen LogP contribution in [0.2, 0.25) is 0 Å². The second kappa shape index (κ2) is 10.8. The lowest BCUT2D eigenvalue weighted by molar-refractivity contribution is -0.131. The van der Waals surface area contributed by atoms with Gasteiger partial charge in [0.15, 0.2) is 11.0 Å². The third-order valence-corrected chi connectivity index (χ3v) is 7.36. The smallest absolute Gasteiger partial charge is 0.235 e. The van der Waals surface area contributed by atoms with Crippen LogP contribution < -0.4 is 0 Å². The number of halogens is 1. The molecule has 1 unspecified atom stereocenters. The summed E-state index contributed by atoms with van der Waals surface area (Å²) in [6.45, 7) is 10.7. The van der Waals surface area contributed by atoms with Crippen molar-refractivity contribution in [2.75, 3.05) is 45.9 Å². The molecule has 7 nitrogen and oxygen atoms in total. The van der Waals surface area contributed by atoms with Gasteiger partial charge in [0.1, 0.15) is 5.82 Å². The van der Waals surface area contributed by atoms with Crippen LogP contribution in [-0.4, -0.2) is 81.7 Å². The van der Waals surface area contributed by atoms with E-state index in [1.54, 1.807) is 12.1 Å². The van der Waals surface area contributed by atoms with E-state index in [4.69, 9.17) is 4.74 Å². The Labute approximate surface area is 193 Å². The zero-order valence-electron chi connectivity index (χ0n) is 18.9. The average molecular weight is 462 g/mol. The number of likely N-dealkylation sites (tertiary alicyclic amines) is 1. The molecule has 1 amide bonds. The number of nitrogens with zero attached hydrogens (tertiary/aromatic N) is 5. The van der Waals surface area contributed by atoms with Crippen LogP contribution in [0.4, 0.5) is 4.39 Å². The Morgan fingerprint density at radius 1 is 1.12 bits per heavy atom. The maximum absolute atomic E-state index is 13.5. The van der Waals surface area contributed by atoms with Gasteiger partial charge in [0.2, 0.25) is 5.91 Å². The van der Waals surface area contributed by atoms with Gasteiger partial charge in [-0.05, 0) is 49.9 Å². The van der Waals surface area contributed by atoms with E-state index in [-0.39, 0.29) is 17.0 Å². The number of hydrogen-bond donors (Lipinski definition) is 0. The molecule has 174 valence electrons. The summed E-state index contributed by atoms with van der Waals surface area (Å²) in [4.78, 5) is 17.4. The van der Waals surface area contributed by atoms with Crippen LogP contribution in [0, 0.1) is 11.7 Å². The Bertz CT molecular complexity index is 892. The number of amides is 1. The number of benzene rings is 1. The van der Waals surface area contributed by atoms with Crippen LogP contribution in [0.3, 0.4) is 0 Å². The van der Waals surface area contributed by atoms with Crippen molar-refractivity contribution in [2.24, 2.45) is 5.92 Å². The van der Waals surface area contributed by atoms with Crippen molar-refractivity contribution in [1.29, 1.82) is 0 Å². The number of carbonyl (C=O) groups excluding carboxylic acids is 1. The minimum Gasteiger partial charge on any atom is -0.379 e. The molecule has 2 saturated heterocycles. The van der Waals surface area contributed by atoms with Gasteiger partial charge in [-0.25, -0.2) is 4.39 Å². The fraction of sp³-hybridized carbons (Fsp3) is 0.609. The molecule has 2 aliphatic rings. The zero-order valence-corrected chi connectivity index (χ0v) is 19.7. The van der Waals surface area contributed by atoms with E-state index in [9.17, 15) is 9.18 Å². The molecule has 1 aromatic heterocycles. The molecule has 0 bridgehead atoms. The minimum absolute atomic E-state index is 0.160. The molecule has 1 atom stereocenters. The second-order valence-corrected chi connectivity index (χ2v) is 9.99. The van der Waals surface area contributed by atoms with Gasteiger partial charge < -0.3 is 14.2 Å². The Kier molecular flexibility index (Phi) is 7.80. The molecule has 32 heavy (non-hydrogen) atoms. The van der Waals surface area contributed by atoms with Crippen molar-refractivity contribution < 1.29 is 13.9 Å². The fourth-order valence-electron chi connectivity index (χ4n) is 4.15. The van der Waals surface area contributed by atoms with E-state index in [1.165, 1.54) is 23.9 Å². The Morgan fingerprint density at radius 2 is 1.81 bits per heavy atom. The molecule has 9 heteroatoms. The zero-order chi connectivity index (χ0) is 22.5. The Balaban J connectivity index is 1.50. The van der Waals surface area contributed by atoms with Crippen LogP contribution >= 0.6 is 11.8 Å². The van der Waals surface area contributed by atoms with Crippen molar-refractivity contribution >= 4 is 17.7 Å². The summed E-state index contributed by atoms with van der Waals surface area (Å²) >= 11 is 1.46. The van der Waals surface area contributed by atoms with Crippen molar-refractivity contribution in [3.63, 3.8) is 0 Å². The highest BCUT2D eigenvalue weighted by atomic mass is 32.2. The van der Waals surface area contributed by atoms with E-state index in [0.29, 0.717) is 18.3 Å². The summed E-state index contributed by atoms with van der Waals surface area (Å²) in [5, 5.41) is 9.33. The number of hydrogen-bond acceptors (Lipinski definition) is 6. The van der Waals surface area contributed by atoms with Crippen molar-refractivity contribution in [1.82, 2.24) is 24.6 Å². The molecule has 3 heterocycles. The number of aromatic nitrogens is 3. The number of morpholine rings is 1. The summed E-state index contributed by atoms with van der Waals surface area (Å²) in [5.41, 5.74) is 0.816. The van der Waals surface area contributed by atoms with Crippen LogP contribution in [0.5, 0.6) is 0 Å². The molecular formula is C23H32FN5O2S. The Hall–Kier alpha value is -1.97. The van der Waals surface area contributed by atoms with Crippen LogP contribution in [0.15, 0.2) is 29.4 Å². The van der Waals surface area contributed by atoms with E-state index in [1.807, 2.05) is 11.8 Å². The maximum atomic E-state index is 13.5. The normalized spacial score (nSPS) is 19.3. The molecule has 0 spiro atoms. The van der Waals surface area contributed by atoms with Crippen molar-refractivity contribution in [3.05, 3.63) is 30.1 Å². The number of rotatable bonds is 7. The first kappa shape index (κ1) is 23.2. The summed E-state index contributed by atoms with van der Waals surface area (Å²) < 4.78 is 21.0. The highest BCUT2D eigenvalue weighted by molar-refractivity contribution is 8.00. The van der Waals surface area contributed by atoms with Gasteiger partial charge in [0.05, 0.1) is 18.5 Å². The molecule has 0 saturated carbocycles. The lowest BCUT2D eigenvalue weighted by Gasteiger charge is -2.32. The van der Waals surface area contributed by atoms with Crippen LogP contribution in [0.25, 0.3) is 11.4 Å². The first-order valence-electron chi connectivity index (χ1n) is 11.5.